The SMILES string of the molecule is N#C/C(=C1/C(=C(Br)Br)/C1=C(/I)c1ccccc1)C(F)(F)F. The lowest BCUT2D eigenvalue weighted by molar-refractivity contribution is -0.0875. The molecular formula is C14H5Br2F3IN. The summed E-state index contributed by atoms with van der Waals surface area (Å²) in [6, 6.07) is 10.3. The van der Waals surface area contributed by atoms with Gasteiger partial charge >= 0.3 is 6.18 Å². The molecule has 1 saturated carbocycles. The Hall–Kier alpha value is -0.590. The van der Waals surface area contributed by atoms with Crippen LogP contribution in [0.25, 0.3) is 3.58 Å². The Morgan fingerprint density at radius 3 is 2.05 bits per heavy atom. The van der Waals surface area contributed by atoms with Crippen LogP contribution >= 0.6 is 54.5 Å². The lowest BCUT2D eigenvalue weighted by Crippen LogP contribution is -2.10. The average Bonchev–Trinajstić information content (AvgIpc) is 3.13. The molecular weight excluding hydrogens is 526 g/mol. The van der Waals surface area contributed by atoms with Crippen molar-refractivity contribution in [2.75, 3.05) is 0 Å². The monoisotopic (exact) mass is 529 g/mol. The number of hydrogen-bond donors (Lipinski definition) is 0. The largest absolute Gasteiger partial charge is 0.426 e. The summed E-state index contributed by atoms with van der Waals surface area (Å²) < 4.78 is 39.9. The molecule has 2 rings (SSSR count). The van der Waals surface area contributed by atoms with Crippen molar-refractivity contribution in [1.82, 2.24) is 0 Å². The van der Waals surface area contributed by atoms with E-state index >= 15 is 0 Å². The van der Waals surface area contributed by atoms with Gasteiger partial charge < -0.3 is 0 Å². The molecule has 1 aliphatic carbocycles. The molecule has 21 heavy (non-hydrogen) atoms. The number of allylic oxidation sites excluding steroid dienone is 4. The minimum absolute atomic E-state index is 0.0537. The molecule has 0 heterocycles. The molecule has 0 unspecified atom stereocenters. The summed E-state index contributed by atoms with van der Waals surface area (Å²) in [7, 11) is 0. The van der Waals surface area contributed by atoms with Crippen LogP contribution in [-0.2, 0) is 0 Å². The molecule has 108 valence electrons. The Bertz CT molecular complexity index is 721. The van der Waals surface area contributed by atoms with Crippen LogP contribution < -0.4 is 0 Å². The van der Waals surface area contributed by atoms with Crippen LogP contribution in [0.1, 0.15) is 5.56 Å². The number of benzene rings is 1. The van der Waals surface area contributed by atoms with Crippen molar-refractivity contribution in [1.29, 1.82) is 5.26 Å². The first kappa shape index (κ1) is 16.8. The summed E-state index contributed by atoms with van der Waals surface area (Å²) in [6.45, 7) is 0. The summed E-state index contributed by atoms with van der Waals surface area (Å²) >= 11 is 8.26. The zero-order valence-electron chi connectivity index (χ0n) is 10.1. The van der Waals surface area contributed by atoms with E-state index in [4.69, 9.17) is 5.26 Å². The smallest absolute Gasteiger partial charge is 0.192 e. The van der Waals surface area contributed by atoms with E-state index in [0.717, 1.165) is 5.56 Å². The molecule has 0 atom stereocenters. The van der Waals surface area contributed by atoms with Crippen molar-refractivity contribution < 1.29 is 13.2 Å². The van der Waals surface area contributed by atoms with Crippen LogP contribution in [0, 0.1) is 11.3 Å². The number of alkyl halides is 3. The predicted octanol–water partition coefficient (Wildman–Crippen LogP) is 6.23. The Morgan fingerprint density at radius 1 is 1.05 bits per heavy atom. The Morgan fingerprint density at radius 2 is 1.62 bits per heavy atom. The molecule has 1 aromatic rings. The first-order valence-corrected chi connectivity index (χ1v) is 8.18. The van der Waals surface area contributed by atoms with Crippen molar-refractivity contribution in [3.05, 3.63) is 61.6 Å². The second-order valence-electron chi connectivity index (χ2n) is 4.05. The van der Waals surface area contributed by atoms with E-state index in [0.29, 0.717) is 18.1 Å². The summed E-state index contributed by atoms with van der Waals surface area (Å²) in [5.74, 6) is 0. The number of nitriles is 1. The van der Waals surface area contributed by atoms with Crippen molar-refractivity contribution in [2.24, 2.45) is 0 Å². The Balaban J connectivity index is 2.69. The van der Waals surface area contributed by atoms with E-state index in [2.05, 4.69) is 31.9 Å². The van der Waals surface area contributed by atoms with Crippen LogP contribution in [0.4, 0.5) is 13.2 Å². The van der Waals surface area contributed by atoms with Crippen molar-refractivity contribution in [2.45, 2.75) is 6.18 Å². The third-order valence-electron chi connectivity index (χ3n) is 2.77. The topological polar surface area (TPSA) is 23.8 Å². The molecule has 0 bridgehead atoms. The van der Waals surface area contributed by atoms with Gasteiger partial charge in [-0.05, 0) is 60.0 Å². The van der Waals surface area contributed by atoms with Crippen LogP contribution in [0.2, 0.25) is 0 Å². The molecule has 0 amide bonds. The van der Waals surface area contributed by atoms with E-state index in [1.165, 1.54) is 6.07 Å². The van der Waals surface area contributed by atoms with Gasteiger partial charge in [-0.2, -0.15) is 18.4 Å². The standard InChI is InChI=1S/C14H5Br2F3IN/c15-13(16)11-9(8(6-21)14(17,18)19)10(11)12(20)7-4-2-1-3-5-7/h1-5H/b9-8-,12-10+. The summed E-state index contributed by atoms with van der Waals surface area (Å²) in [5, 5.41) is 8.84. The molecule has 0 aromatic heterocycles. The Labute approximate surface area is 149 Å². The van der Waals surface area contributed by atoms with Gasteiger partial charge in [0.25, 0.3) is 0 Å². The summed E-state index contributed by atoms with van der Waals surface area (Å²) in [6.07, 6.45) is -4.67. The van der Waals surface area contributed by atoms with Gasteiger partial charge in [-0.3, -0.25) is 0 Å². The van der Waals surface area contributed by atoms with Gasteiger partial charge in [-0.15, -0.1) is 0 Å². The number of nitrogens with zero attached hydrogens (tertiary/aromatic N) is 1. The lowest BCUT2D eigenvalue weighted by atomic mass is 10.2. The number of halogens is 6. The van der Waals surface area contributed by atoms with Gasteiger partial charge in [0.1, 0.15) is 11.6 Å². The zero-order chi connectivity index (χ0) is 15.8. The lowest BCUT2D eigenvalue weighted by Gasteiger charge is -2.02. The van der Waals surface area contributed by atoms with Crippen LogP contribution in [0.3, 0.4) is 0 Å². The normalized spacial score (nSPS) is 19.0. The number of hydrogen-bond acceptors (Lipinski definition) is 1. The Kier molecular flexibility index (Phi) is 5.00. The molecule has 0 spiro atoms. The maximum absolute atomic E-state index is 12.9. The maximum atomic E-state index is 12.9. The third kappa shape index (κ3) is 3.43. The molecule has 7 heteroatoms. The van der Waals surface area contributed by atoms with Gasteiger partial charge in [0.05, 0.1) is 3.39 Å². The van der Waals surface area contributed by atoms with Crippen molar-refractivity contribution in [3.8, 4) is 6.07 Å². The van der Waals surface area contributed by atoms with Gasteiger partial charge in [-0.25, -0.2) is 0 Å². The zero-order valence-corrected chi connectivity index (χ0v) is 15.4. The van der Waals surface area contributed by atoms with Crippen molar-refractivity contribution in [3.63, 3.8) is 0 Å². The average molecular weight is 531 g/mol. The van der Waals surface area contributed by atoms with Gasteiger partial charge in [0.15, 0.2) is 0 Å². The quantitative estimate of drug-likeness (QED) is 0.312. The molecule has 0 N–H and O–H groups in total. The fraction of sp³-hybridized carbons (Fsp3) is 0.0714. The maximum Gasteiger partial charge on any atom is 0.426 e. The second kappa shape index (κ2) is 6.26. The third-order valence-corrected chi connectivity index (χ3v) is 4.72. The van der Waals surface area contributed by atoms with E-state index in [1.807, 2.05) is 52.9 Å². The first-order chi connectivity index (χ1) is 9.79. The number of rotatable bonds is 1. The molecule has 1 nitrogen and oxygen atoms in total. The van der Waals surface area contributed by atoms with Gasteiger partial charge in [0.2, 0.25) is 0 Å². The van der Waals surface area contributed by atoms with Crippen LogP contribution in [-0.4, -0.2) is 6.18 Å². The fourth-order valence-corrected chi connectivity index (χ4v) is 3.53. The summed E-state index contributed by atoms with van der Waals surface area (Å²) in [5.41, 5.74) is 0.411. The highest BCUT2D eigenvalue weighted by atomic mass is 127. The molecule has 0 aliphatic heterocycles. The van der Waals surface area contributed by atoms with Gasteiger partial charge in [-0.1, -0.05) is 30.3 Å². The fourth-order valence-electron chi connectivity index (χ4n) is 1.84. The van der Waals surface area contributed by atoms with E-state index in [9.17, 15) is 13.2 Å². The molecule has 0 radical (unpaired) electrons. The van der Waals surface area contributed by atoms with E-state index in [1.54, 1.807) is 0 Å². The highest BCUT2D eigenvalue weighted by Crippen LogP contribution is 2.57. The van der Waals surface area contributed by atoms with Crippen LogP contribution in [0.5, 0.6) is 0 Å². The highest BCUT2D eigenvalue weighted by molar-refractivity contribution is 14.1. The van der Waals surface area contributed by atoms with Gasteiger partial charge in [0, 0.05) is 20.3 Å². The molecule has 1 fully saturated rings. The minimum atomic E-state index is -4.67. The highest BCUT2D eigenvalue weighted by Gasteiger charge is 2.47. The minimum Gasteiger partial charge on any atom is -0.192 e. The van der Waals surface area contributed by atoms with E-state index in [-0.39, 0.29) is 5.57 Å². The molecule has 0 saturated heterocycles. The molecule has 1 aliphatic rings. The van der Waals surface area contributed by atoms with E-state index < -0.39 is 11.7 Å². The van der Waals surface area contributed by atoms with Crippen LogP contribution in [0.15, 0.2) is 56.0 Å². The second-order valence-corrected chi connectivity index (χ2v) is 7.78. The summed E-state index contributed by atoms with van der Waals surface area (Å²) in [4.78, 5) is 0. The first-order valence-electron chi connectivity index (χ1n) is 5.52. The predicted molar refractivity (Wildman–Crippen MR) is 91.0 cm³/mol. The van der Waals surface area contributed by atoms with Crippen molar-refractivity contribution >= 4 is 58.0 Å². The molecule has 1 aromatic carbocycles.